The Morgan fingerprint density at radius 1 is 1.19 bits per heavy atom. The van der Waals surface area contributed by atoms with Gasteiger partial charge in [-0.25, -0.2) is 4.98 Å². The summed E-state index contributed by atoms with van der Waals surface area (Å²) in [4.78, 5) is 6.19. The molecule has 2 rings (SSSR count). The summed E-state index contributed by atoms with van der Waals surface area (Å²) in [6.45, 7) is 9.68. The Morgan fingerprint density at radius 2 is 1.86 bits per heavy atom. The van der Waals surface area contributed by atoms with Crippen LogP contribution in [0.4, 0.5) is 0 Å². The molecule has 0 fully saturated rings. The van der Waals surface area contributed by atoms with Gasteiger partial charge in [-0.15, -0.1) is 11.3 Å². The minimum atomic E-state index is 0.140. The lowest BCUT2D eigenvalue weighted by Crippen LogP contribution is -2.35. The Hall–Kier alpha value is -0.710. The van der Waals surface area contributed by atoms with Crippen molar-refractivity contribution >= 4 is 27.3 Å². The second kappa shape index (κ2) is 7.03. The van der Waals surface area contributed by atoms with Crippen molar-refractivity contribution in [1.29, 1.82) is 0 Å². The van der Waals surface area contributed by atoms with Crippen LogP contribution in [0.2, 0.25) is 0 Å². The maximum Gasteiger partial charge on any atom is 0.0975 e. The number of nitrogens with zero attached hydrogens (tertiary/aromatic N) is 1. The molecule has 0 amide bonds. The van der Waals surface area contributed by atoms with Crippen LogP contribution < -0.4 is 5.32 Å². The lowest BCUT2D eigenvalue weighted by molar-refractivity contribution is 0.425. The zero-order valence-electron chi connectivity index (χ0n) is 13.2. The predicted molar refractivity (Wildman–Crippen MR) is 95.0 cm³/mol. The van der Waals surface area contributed by atoms with Crippen LogP contribution >= 0.6 is 27.3 Å². The number of benzene rings is 1. The molecule has 0 aliphatic heterocycles. The van der Waals surface area contributed by atoms with Crippen molar-refractivity contribution in [3.63, 3.8) is 0 Å². The first-order valence-electron chi connectivity index (χ1n) is 7.34. The number of thiazole rings is 1. The highest BCUT2D eigenvalue weighted by atomic mass is 79.9. The van der Waals surface area contributed by atoms with Crippen LogP contribution in [0.1, 0.15) is 48.8 Å². The molecule has 0 saturated carbocycles. The number of halogens is 1. The van der Waals surface area contributed by atoms with Gasteiger partial charge in [0.25, 0.3) is 0 Å². The lowest BCUT2D eigenvalue weighted by Gasteiger charge is -2.20. The third kappa shape index (κ3) is 5.20. The maximum absolute atomic E-state index is 4.81. The highest BCUT2D eigenvalue weighted by Crippen LogP contribution is 2.23. The SMILES string of the molecule is CCc1nc(Cc2ccc(Br)cc2)sc1CNC(C)(C)C. The first kappa shape index (κ1) is 16.7. The third-order valence-electron chi connectivity index (χ3n) is 3.21. The van der Waals surface area contributed by atoms with E-state index in [2.05, 4.69) is 73.2 Å². The Morgan fingerprint density at radius 3 is 2.43 bits per heavy atom. The molecule has 0 atom stereocenters. The average Bonchev–Trinajstić information content (AvgIpc) is 2.80. The van der Waals surface area contributed by atoms with Crippen molar-refractivity contribution in [2.24, 2.45) is 0 Å². The minimum absolute atomic E-state index is 0.140. The van der Waals surface area contributed by atoms with Gasteiger partial charge in [0.2, 0.25) is 0 Å². The van der Waals surface area contributed by atoms with Gasteiger partial charge >= 0.3 is 0 Å². The van der Waals surface area contributed by atoms with Crippen molar-refractivity contribution in [2.45, 2.75) is 52.6 Å². The number of nitrogens with one attached hydrogen (secondary N) is 1. The molecule has 4 heteroatoms. The molecule has 0 unspecified atom stereocenters. The predicted octanol–water partition coefficient (Wildman–Crippen LogP) is 4.95. The van der Waals surface area contributed by atoms with Gasteiger partial charge in [0, 0.05) is 27.9 Å². The fourth-order valence-corrected chi connectivity index (χ4v) is 3.44. The van der Waals surface area contributed by atoms with Crippen LogP contribution in [0.15, 0.2) is 28.7 Å². The van der Waals surface area contributed by atoms with Crippen LogP contribution in [0.25, 0.3) is 0 Å². The van der Waals surface area contributed by atoms with Gasteiger partial charge in [-0.3, -0.25) is 0 Å². The minimum Gasteiger partial charge on any atom is -0.307 e. The van der Waals surface area contributed by atoms with Crippen molar-refractivity contribution in [3.8, 4) is 0 Å². The van der Waals surface area contributed by atoms with Gasteiger partial charge in [-0.05, 0) is 44.9 Å². The molecule has 0 bridgehead atoms. The molecule has 114 valence electrons. The van der Waals surface area contributed by atoms with Crippen LogP contribution in [-0.2, 0) is 19.4 Å². The molecule has 1 heterocycles. The Kier molecular flexibility index (Phi) is 5.58. The van der Waals surface area contributed by atoms with E-state index in [1.54, 1.807) is 0 Å². The summed E-state index contributed by atoms with van der Waals surface area (Å²) in [5.41, 5.74) is 2.69. The quantitative estimate of drug-likeness (QED) is 0.809. The first-order valence-corrected chi connectivity index (χ1v) is 8.95. The van der Waals surface area contributed by atoms with Crippen molar-refractivity contribution < 1.29 is 0 Å². The van der Waals surface area contributed by atoms with Crippen molar-refractivity contribution in [1.82, 2.24) is 10.3 Å². The van der Waals surface area contributed by atoms with Crippen LogP contribution in [0.5, 0.6) is 0 Å². The number of aryl methyl sites for hydroxylation is 1. The molecule has 1 aromatic heterocycles. The van der Waals surface area contributed by atoms with Crippen LogP contribution in [0.3, 0.4) is 0 Å². The summed E-state index contributed by atoms with van der Waals surface area (Å²) < 4.78 is 1.12. The molecule has 2 nitrogen and oxygen atoms in total. The van der Waals surface area contributed by atoms with Crippen LogP contribution in [0, 0.1) is 0 Å². The molecule has 1 N–H and O–H groups in total. The summed E-state index contributed by atoms with van der Waals surface area (Å²) in [6.07, 6.45) is 1.92. The number of aromatic nitrogens is 1. The van der Waals surface area contributed by atoms with Gasteiger partial charge in [0.1, 0.15) is 0 Å². The van der Waals surface area contributed by atoms with E-state index in [0.29, 0.717) is 0 Å². The second-order valence-corrected chi connectivity index (χ2v) is 8.32. The summed E-state index contributed by atoms with van der Waals surface area (Å²) in [5, 5.41) is 4.77. The zero-order chi connectivity index (χ0) is 15.5. The smallest absolute Gasteiger partial charge is 0.0975 e. The molecule has 0 spiro atoms. The van der Waals surface area contributed by atoms with Gasteiger partial charge in [-0.1, -0.05) is 35.0 Å². The lowest BCUT2D eigenvalue weighted by atomic mass is 10.1. The second-order valence-electron chi connectivity index (χ2n) is 6.24. The highest BCUT2D eigenvalue weighted by Gasteiger charge is 2.14. The highest BCUT2D eigenvalue weighted by molar-refractivity contribution is 9.10. The first-order chi connectivity index (χ1) is 9.87. The van der Waals surface area contributed by atoms with Crippen molar-refractivity contribution in [3.05, 3.63) is 49.9 Å². The monoisotopic (exact) mass is 366 g/mol. The fourth-order valence-electron chi connectivity index (χ4n) is 2.05. The maximum atomic E-state index is 4.81. The molecule has 0 radical (unpaired) electrons. The molecular formula is C17H23BrN2S. The zero-order valence-corrected chi connectivity index (χ0v) is 15.6. The normalized spacial score (nSPS) is 11.9. The van der Waals surface area contributed by atoms with E-state index >= 15 is 0 Å². The average molecular weight is 367 g/mol. The van der Waals surface area contributed by atoms with E-state index in [0.717, 1.165) is 23.9 Å². The van der Waals surface area contributed by atoms with E-state index in [1.165, 1.54) is 21.1 Å². The fraction of sp³-hybridized carbons (Fsp3) is 0.471. The number of hydrogen-bond donors (Lipinski definition) is 1. The summed E-state index contributed by atoms with van der Waals surface area (Å²) in [5.74, 6) is 0. The standard InChI is InChI=1S/C17H23BrN2S/c1-5-14-15(11-19-17(2,3)4)21-16(20-14)10-12-6-8-13(18)9-7-12/h6-9,19H,5,10-11H2,1-4H3. The topological polar surface area (TPSA) is 24.9 Å². The summed E-state index contributed by atoms with van der Waals surface area (Å²) >= 11 is 5.31. The molecule has 0 saturated heterocycles. The summed E-state index contributed by atoms with van der Waals surface area (Å²) in [7, 11) is 0. The van der Waals surface area contributed by atoms with E-state index < -0.39 is 0 Å². The van der Waals surface area contributed by atoms with E-state index in [4.69, 9.17) is 4.98 Å². The van der Waals surface area contributed by atoms with E-state index in [1.807, 2.05) is 11.3 Å². The molecular weight excluding hydrogens is 344 g/mol. The van der Waals surface area contributed by atoms with Crippen LogP contribution in [-0.4, -0.2) is 10.5 Å². The Bertz CT molecular complexity index is 582. The van der Waals surface area contributed by atoms with Gasteiger partial charge in [-0.2, -0.15) is 0 Å². The van der Waals surface area contributed by atoms with E-state index in [9.17, 15) is 0 Å². The molecule has 1 aromatic carbocycles. The Labute approximate surface area is 140 Å². The summed E-state index contributed by atoms with van der Waals surface area (Å²) in [6, 6.07) is 8.49. The number of rotatable bonds is 5. The molecule has 21 heavy (non-hydrogen) atoms. The van der Waals surface area contributed by atoms with Crippen molar-refractivity contribution in [2.75, 3.05) is 0 Å². The van der Waals surface area contributed by atoms with Gasteiger partial charge < -0.3 is 5.32 Å². The largest absolute Gasteiger partial charge is 0.307 e. The number of hydrogen-bond acceptors (Lipinski definition) is 3. The van der Waals surface area contributed by atoms with E-state index in [-0.39, 0.29) is 5.54 Å². The third-order valence-corrected chi connectivity index (χ3v) is 4.83. The molecule has 0 aliphatic rings. The van der Waals surface area contributed by atoms with Gasteiger partial charge in [0.05, 0.1) is 10.7 Å². The Balaban J connectivity index is 2.10. The van der Waals surface area contributed by atoms with Gasteiger partial charge in [0.15, 0.2) is 0 Å². The molecule has 2 aromatic rings. The molecule has 0 aliphatic carbocycles.